The number of rotatable bonds is 3. The normalized spacial score (nSPS) is 18.5. The fourth-order valence-electron chi connectivity index (χ4n) is 3.53. The second-order valence-electron chi connectivity index (χ2n) is 8.08. The second-order valence-corrected chi connectivity index (χ2v) is 8.47. The molecular weight excluding hydrogens is 384 g/mol. The first-order chi connectivity index (χ1) is 13.1. The number of hydrogen-bond acceptors (Lipinski definition) is 5. The van der Waals surface area contributed by atoms with Gasteiger partial charge in [0, 0.05) is 24.0 Å². The van der Waals surface area contributed by atoms with Crippen LogP contribution >= 0.6 is 12.2 Å². The summed E-state index contributed by atoms with van der Waals surface area (Å²) in [5, 5.41) is 6.24. The van der Waals surface area contributed by atoms with Gasteiger partial charge in [-0.3, -0.25) is 0 Å². The molecule has 152 valence electrons. The molecule has 5 nitrogen and oxygen atoms in total. The number of carbonyl (C=O) groups is 1. The average Bonchev–Trinajstić information content (AvgIpc) is 3.10. The third-order valence-corrected chi connectivity index (χ3v) is 5.15. The number of ether oxygens (including phenoxy) is 1. The number of nitrogens with one attached hydrogen (secondary N) is 2. The van der Waals surface area contributed by atoms with Crippen molar-refractivity contribution in [1.82, 2.24) is 15.5 Å². The molecule has 0 radical (unpaired) electrons. The minimum Gasteiger partial charge on any atom is -0.455 e. The van der Waals surface area contributed by atoms with Crippen molar-refractivity contribution in [2.45, 2.75) is 51.7 Å². The topological polar surface area (TPSA) is 53.6 Å². The van der Waals surface area contributed by atoms with E-state index >= 15 is 0 Å². The highest BCUT2D eigenvalue weighted by atomic mass is 32.1. The van der Waals surface area contributed by atoms with E-state index in [-0.39, 0.29) is 11.0 Å². The maximum absolute atomic E-state index is 14.1. The fourth-order valence-corrected chi connectivity index (χ4v) is 3.79. The summed E-state index contributed by atoms with van der Waals surface area (Å²) in [6, 6.07) is 2.13. The summed E-state index contributed by atoms with van der Waals surface area (Å²) >= 11 is 5.46. The highest BCUT2D eigenvalue weighted by Gasteiger charge is 2.33. The van der Waals surface area contributed by atoms with Crippen molar-refractivity contribution < 1.29 is 18.3 Å². The van der Waals surface area contributed by atoms with Crippen LogP contribution in [0.15, 0.2) is 24.0 Å². The van der Waals surface area contributed by atoms with Crippen molar-refractivity contribution in [1.29, 1.82) is 0 Å². The molecule has 28 heavy (non-hydrogen) atoms. The molecule has 1 heterocycles. The van der Waals surface area contributed by atoms with E-state index in [1.807, 2.05) is 6.20 Å². The molecule has 1 aromatic carbocycles. The zero-order chi connectivity index (χ0) is 20.5. The number of nitrogens with zero attached hydrogens (tertiary/aromatic N) is 1. The third-order valence-electron chi connectivity index (χ3n) is 4.75. The first-order valence-corrected chi connectivity index (χ1v) is 9.72. The minimum absolute atomic E-state index is 0.0786. The fraction of sp³-hybridized carbons (Fsp3) is 0.500. The average molecular weight is 410 g/mol. The Morgan fingerprint density at radius 1 is 1.36 bits per heavy atom. The van der Waals surface area contributed by atoms with Gasteiger partial charge in [0.2, 0.25) is 0 Å². The molecule has 0 saturated carbocycles. The van der Waals surface area contributed by atoms with E-state index in [4.69, 9.17) is 17.0 Å². The van der Waals surface area contributed by atoms with Crippen LogP contribution in [0.5, 0.6) is 0 Å². The van der Waals surface area contributed by atoms with Gasteiger partial charge in [-0.1, -0.05) is 12.2 Å². The molecule has 1 aromatic rings. The third kappa shape index (κ3) is 4.79. The molecule has 0 fully saturated rings. The number of hydrogen-bond donors (Lipinski definition) is 2. The van der Waals surface area contributed by atoms with Crippen molar-refractivity contribution in [3.63, 3.8) is 0 Å². The van der Waals surface area contributed by atoms with Gasteiger partial charge in [-0.05, 0) is 57.2 Å². The number of carbonyl (C=O) groups excluding carboxylic acids is 1. The zero-order valence-corrected chi connectivity index (χ0v) is 17.1. The highest BCUT2D eigenvalue weighted by molar-refractivity contribution is 7.81. The monoisotopic (exact) mass is 409 g/mol. The van der Waals surface area contributed by atoms with Gasteiger partial charge in [0.05, 0.1) is 13.2 Å². The van der Waals surface area contributed by atoms with Gasteiger partial charge in [-0.25, -0.2) is 13.6 Å². The van der Waals surface area contributed by atoms with Crippen molar-refractivity contribution in [2.24, 2.45) is 0 Å². The Bertz CT molecular complexity index is 820. The SMILES string of the molecule is CC(C)(C)OC(=O)C(=S)N(CC1=CNCN1)C1CCc2c(F)cc(F)cc2C1. The summed E-state index contributed by atoms with van der Waals surface area (Å²) in [5.41, 5.74) is 1.39. The van der Waals surface area contributed by atoms with Gasteiger partial charge in [-0.2, -0.15) is 0 Å². The molecule has 1 atom stereocenters. The van der Waals surface area contributed by atoms with Crippen LogP contribution in [0.1, 0.15) is 38.3 Å². The van der Waals surface area contributed by atoms with Crippen LogP contribution in [0, 0.1) is 11.6 Å². The summed E-state index contributed by atoms with van der Waals surface area (Å²) in [4.78, 5) is 14.5. The lowest BCUT2D eigenvalue weighted by Gasteiger charge is -2.37. The van der Waals surface area contributed by atoms with Gasteiger partial charge in [0.1, 0.15) is 17.2 Å². The van der Waals surface area contributed by atoms with E-state index < -0.39 is 23.2 Å². The van der Waals surface area contributed by atoms with E-state index in [0.717, 1.165) is 11.8 Å². The lowest BCUT2D eigenvalue weighted by atomic mass is 9.87. The number of esters is 1. The maximum atomic E-state index is 14.1. The first kappa shape index (κ1) is 20.5. The van der Waals surface area contributed by atoms with Gasteiger partial charge in [0.15, 0.2) is 4.99 Å². The minimum atomic E-state index is -0.662. The van der Waals surface area contributed by atoms with Gasteiger partial charge in [0.25, 0.3) is 0 Å². The molecule has 0 saturated heterocycles. The number of fused-ring (bicyclic) bond motifs is 1. The van der Waals surface area contributed by atoms with Crippen LogP contribution in [0.25, 0.3) is 0 Å². The Morgan fingerprint density at radius 2 is 2.11 bits per heavy atom. The van der Waals surface area contributed by atoms with Crippen LogP contribution < -0.4 is 10.6 Å². The lowest BCUT2D eigenvalue weighted by Crippen LogP contribution is -2.48. The molecular formula is C20H25F2N3O2S. The van der Waals surface area contributed by atoms with E-state index in [1.54, 1.807) is 25.7 Å². The Labute approximate surface area is 169 Å². The molecule has 2 aliphatic rings. The molecule has 0 bridgehead atoms. The van der Waals surface area contributed by atoms with Crippen molar-refractivity contribution in [3.05, 3.63) is 46.8 Å². The van der Waals surface area contributed by atoms with E-state index in [1.165, 1.54) is 6.07 Å². The van der Waals surface area contributed by atoms with E-state index in [2.05, 4.69) is 10.6 Å². The van der Waals surface area contributed by atoms with Crippen LogP contribution in [0.2, 0.25) is 0 Å². The summed E-state index contributed by atoms with van der Waals surface area (Å²) in [6.45, 7) is 6.34. The Hall–Kier alpha value is -2.22. The molecule has 2 N–H and O–H groups in total. The van der Waals surface area contributed by atoms with Gasteiger partial charge < -0.3 is 20.3 Å². The van der Waals surface area contributed by atoms with Crippen LogP contribution in [0.3, 0.4) is 0 Å². The predicted octanol–water partition coefficient (Wildman–Crippen LogP) is 2.78. The van der Waals surface area contributed by atoms with Crippen molar-refractivity contribution in [2.75, 3.05) is 13.2 Å². The summed E-state index contributed by atoms with van der Waals surface area (Å²) in [7, 11) is 0. The number of thiocarbonyl (C=S) groups is 1. The van der Waals surface area contributed by atoms with Crippen molar-refractivity contribution in [3.8, 4) is 0 Å². The maximum Gasteiger partial charge on any atom is 0.366 e. The standard InChI is InChI=1S/C20H25F2N3O2S/c1-20(2,3)27-19(26)18(28)25(10-14-9-23-11-24-14)15-4-5-16-12(7-15)6-13(21)8-17(16)22/h6,8-9,15,23-24H,4-5,7,10-11H2,1-3H3. The Morgan fingerprint density at radius 3 is 2.75 bits per heavy atom. The summed E-state index contributed by atoms with van der Waals surface area (Å²) in [6.07, 6.45) is 3.32. The molecule has 8 heteroatoms. The molecule has 1 aliphatic heterocycles. The lowest BCUT2D eigenvalue weighted by molar-refractivity contribution is -0.146. The highest BCUT2D eigenvalue weighted by Crippen LogP contribution is 2.28. The number of halogens is 2. The second kappa shape index (κ2) is 8.03. The van der Waals surface area contributed by atoms with Gasteiger partial charge in [-0.15, -0.1) is 0 Å². The van der Waals surface area contributed by atoms with E-state index in [9.17, 15) is 13.6 Å². The summed E-state index contributed by atoms with van der Waals surface area (Å²) in [5.74, 6) is -1.67. The molecule has 1 aliphatic carbocycles. The molecule has 1 unspecified atom stereocenters. The molecule has 0 amide bonds. The quantitative estimate of drug-likeness (QED) is 0.592. The molecule has 0 aromatic heterocycles. The summed E-state index contributed by atoms with van der Waals surface area (Å²) < 4.78 is 33.2. The zero-order valence-electron chi connectivity index (χ0n) is 16.3. The predicted molar refractivity (Wildman–Crippen MR) is 107 cm³/mol. The van der Waals surface area contributed by atoms with E-state index in [0.29, 0.717) is 43.6 Å². The van der Waals surface area contributed by atoms with Crippen LogP contribution in [-0.4, -0.2) is 40.7 Å². The van der Waals surface area contributed by atoms with Crippen LogP contribution in [0.4, 0.5) is 8.78 Å². The smallest absolute Gasteiger partial charge is 0.366 e. The molecule has 0 spiro atoms. The van der Waals surface area contributed by atoms with Gasteiger partial charge >= 0.3 is 5.97 Å². The van der Waals surface area contributed by atoms with Crippen molar-refractivity contribution >= 4 is 23.2 Å². The first-order valence-electron chi connectivity index (χ1n) is 9.31. The number of benzene rings is 1. The Kier molecular flexibility index (Phi) is 5.88. The Balaban J connectivity index is 1.84. The molecule has 3 rings (SSSR count). The largest absolute Gasteiger partial charge is 0.455 e. The van der Waals surface area contributed by atoms with Crippen LogP contribution in [-0.2, 0) is 22.4 Å².